The lowest BCUT2D eigenvalue weighted by molar-refractivity contribution is 0.0632. The van der Waals surface area contributed by atoms with E-state index in [0.29, 0.717) is 11.5 Å². The molecule has 26 heavy (non-hydrogen) atoms. The third kappa shape index (κ3) is 4.12. The number of aryl methyl sites for hydroxylation is 1. The molecule has 2 aromatic rings. The molecule has 0 unspecified atom stereocenters. The fourth-order valence-corrected chi connectivity index (χ4v) is 4.10. The Morgan fingerprint density at radius 1 is 1.23 bits per heavy atom. The normalized spacial score (nSPS) is 15.3. The molecule has 0 saturated carbocycles. The van der Waals surface area contributed by atoms with Crippen LogP contribution in [-0.4, -0.2) is 46.9 Å². The van der Waals surface area contributed by atoms with E-state index in [1.54, 1.807) is 0 Å². The molecule has 1 saturated heterocycles. The highest BCUT2D eigenvalue weighted by molar-refractivity contribution is 7.13. The molecule has 0 radical (unpaired) electrons. The van der Waals surface area contributed by atoms with Gasteiger partial charge in [0.25, 0.3) is 5.91 Å². The van der Waals surface area contributed by atoms with Crippen molar-refractivity contribution in [3.8, 4) is 6.07 Å². The first-order valence-corrected chi connectivity index (χ1v) is 9.77. The minimum Gasteiger partial charge on any atom is -0.335 e. The van der Waals surface area contributed by atoms with E-state index in [2.05, 4.69) is 29.8 Å². The van der Waals surface area contributed by atoms with E-state index in [1.165, 1.54) is 16.9 Å². The first kappa shape index (κ1) is 18.6. The fraction of sp³-hybridized carbons (Fsp3) is 0.450. The molecular formula is C20H24N4OS. The quantitative estimate of drug-likeness (QED) is 0.830. The van der Waals surface area contributed by atoms with Crippen LogP contribution in [0.25, 0.3) is 0 Å². The molecule has 0 bridgehead atoms. The summed E-state index contributed by atoms with van der Waals surface area (Å²) in [5, 5.41) is 9.91. The second kappa shape index (κ2) is 7.98. The van der Waals surface area contributed by atoms with Gasteiger partial charge in [-0.25, -0.2) is 4.98 Å². The van der Waals surface area contributed by atoms with E-state index < -0.39 is 0 Å². The van der Waals surface area contributed by atoms with Crippen molar-refractivity contribution in [2.75, 3.05) is 26.2 Å². The van der Waals surface area contributed by atoms with Gasteiger partial charge in [-0.15, -0.1) is 11.3 Å². The Morgan fingerprint density at radius 3 is 2.42 bits per heavy atom. The Labute approximate surface area is 158 Å². The highest BCUT2D eigenvalue weighted by atomic mass is 32.1. The largest absolute Gasteiger partial charge is 0.335 e. The number of hydrogen-bond donors (Lipinski definition) is 0. The van der Waals surface area contributed by atoms with Crippen molar-refractivity contribution in [2.24, 2.45) is 0 Å². The Bertz CT molecular complexity index is 811. The average molecular weight is 369 g/mol. The summed E-state index contributed by atoms with van der Waals surface area (Å²) in [6.45, 7) is 10.2. The summed E-state index contributed by atoms with van der Waals surface area (Å²) in [5.74, 6) is 0.467. The van der Waals surface area contributed by atoms with E-state index in [0.717, 1.165) is 48.3 Å². The van der Waals surface area contributed by atoms with Gasteiger partial charge in [0.05, 0.1) is 22.3 Å². The number of nitrogens with zero attached hydrogens (tertiary/aromatic N) is 4. The van der Waals surface area contributed by atoms with Crippen LogP contribution < -0.4 is 0 Å². The maximum absolute atomic E-state index is 12.8. The molecule has 5 nitrogen and oxygen atoms in total. The summed E-state index contributed by atoms with van der Waals surface area (Å²) >= 11 is 1.53. The highest BCUT2D eigenvalue weighted by Crippen LogP contribution is 2.26. The summed E-state index contributed by atoms with van der Waals surface area (Å²) in [4.78, 5) is 22.5. The molecule has 6 heteroatoms. The Morgan fingerprint density at radius 2 is 1.88 bits per heavy atom. The predicted molar refractivity (Wildman–Crippen MR) is 103 cm³/mol. The average Bonchev–Trinajstić information content (AvgIpc) is 3.04. The number of piperazine rings is 1. The minimum absolute atomic E-state index is 0.116. The van der Waals surface area contributed by atoms with Gasteiger partial charge in [-0.1, -0.05) is 26.0 Å². The molecular weight excluding hydrogens is 344 g/mol. The summed E-state index contributed by atoms with van der Waals surface area (Å²) in [5.41, 5.74) is 2.73. The number of hydrogen-bond acceptors (Lipinski definition) is 5. The van der Waals surface area contributed by atoms with Crippen LogP contribution in [0.2, 0.25) is 0 Å². The van der Waals surface area contributed by atoms with Crippen LogP contribution in [0.5, 0.6) is 0 Å². The zero-order chi connectivity index (χ0) is 18.7. The van der Waals surface area contributed by atoms with Crippen LogP contribution in [0, 0.1) is 18.3 Å². The van der Waals surface area contributed by atoms with E-state index in [9.17, 15) is 4.79 Å². The summed E-state index contributed by atoms with van der Waals surface area (Å²) in [6, 6.07) is 9.86. The first-order valence-electron chi connectivity index (χ1n) is 8.96. The second-order valence-electron chi connectivity index (χ2n) is 7.00. The number of carbonyl (C=O) groups is 1. The van der Waals surface area contributed by atoms with Gasteiger partial charge in [-0.05, 0) is 24.6 Å². The molecule has 1 aliphatic heterocycles. The summed E-state index contributed by atoms with van der Waals surface area (Å²) in [6.07, 6.45) is 0. The molecule has 1 aromatic heterocycles. The molecule has 1 amide bonds. The van der Waals surface area contributed by atoms with Gasteiger partial charge >= 0.3 is 0 Å². The molecule has 136 valence electrons. The van der Waals surface area contributed by atoms with Crippen molar-refractivity contribution < 1.29 is 4.79 Å². The molecule has 2 heterocycles. The highest BCUT2D eigenvalue weighted by Gasteiger charge is 2.25. The number of amides is 1. The SMILES string of the molecule is Cc1nc(C(C)C)sc1C(=O)N1CCN(Cc2ccc(C#N)cc2)CC1. The van der Waals surface area contributed by atoms with Crippen LogP contribution in [0.3, 0.4) is 0 Å². The third-order valence-corrected chi connectivity index (χ3v) is 6.10. The Hall–Kier alpha value is -2.23. The van der Waals surface area contributed by atoms with Gasteiger partial charge < -0.3 is 4.90 Å². The number of nitriles is 1. The standard InChI is InChI=1S/C20H24N4OS/c1-14(2)19-22-15(3)18(26-19)20(25)24-10-8-23(9-11-24)13-17-6-4-16(12-21)5-7-17/h4-7,14H,8-11,13H2,1-3H3. The van der Waals surface area contributed by atoms with Crippen molar-refractivity contribution in [2.45, 2.75) is 33.2 Å². The van der Waals surface area contributed by atoms with Crippen molar-refractivity contribution in [3.63, 3.8) is 0 Å². The second-order valence-corrected chi connectivity index (χ2v) is 8.03. The number of carbonyl (C=O) groups excluding carboxylic acids is 1. The van der Waals surface area contributed by atoms with Crippen molar-refractivity contribution in [1.29, 1.82) is 5.26 Å². The van der Waals surface area contributed by atoms with Gasteiger partial charge in [-0.3, -0.25) is 9.69 Å². The van der Waals surface area contributed by atoms with Gasteiger partial charge in [0.1, 0.15) is 4.88 Å². The van der Waals surface area contributed by atoms with Crippen molar-refractivity contribution in [3.05, 3.63) is 51.0 Å². The van der Waals surface area contributed by atoms with Crippen molar-refractivity contribution in [1.82, 2.24) is 14.8 Å². The molecule has 0 spiro atoms. The van der Waals surface area contributed by atoms with Crippen LogP contribution in [0.1, 0.15) is 51.3 Å². The monoisotopic (exact) mass is 368 g/mol. The molecule has 1 fully saturated rings. The third-order valence-electron chi connectivity index (χ3n) is 4.65. The molecule has 1 aliphatic rings. The maximum Gasteiger partial charge on any atom is 0.265 e. The molecule has 1 aromatic carbocycles. The number of rotatable bonds is 4. The van der Waals surface area contributed by atoms with Gasteiger partial charge in [0.15, 0.2) is 0 Å². The van der Waals surface area contributed by atoms with Crippen molar-refractivity contribution >= 4 is 17.2 Å². The molecule has 0 atom stereocenters. The van der Waals surface area contributed by atoms with Gasteiger partial charge in [0, 0.05) is 38.6 Å². The molecule has 3 rings (SSSR count). The smallest absolute Gasteiger partial charge is 0.265 e. The van der Waals surface area contributed by atoms with E-state index in [1.807, 2.05) is 36.1 Å². The summed E-state index contributed by atoms with van der Waals surface area (Å²) in [7, 11) is 0. The topological polar surface area (TPSA) is 60.2 Å². The zero-order valence-electron chi connectivity index (χ0n) is 15.5. The Balaban J connectivity index is 1.57. The minimum atomic E-state index is 0.116. The fourth-order valence-electron chi connectivity index (χ4n) is 3.06. The van der Waals surface area contributed by atoms with E-state index in [-0.39, 0.29) is 5.91 Å². The number of thiazole rings is 1. The van der Waals surface area contributed by atoms with Crippen LogP contribution >= 0.6 is 11.3 Å². The summed E-state index contributed by atoms with van der Waals surface area (Å²) < 4.78 is 0. The van der Waals surface area contributed by atoms with E-state index in [4.69, 9.17) is 5.26 Å². The van der Waals surface area contributed by atoms with Crippen LogP contribution in [0.15, 0.2) is 24.3 Å². The number of benzene rings is 1. The zero-order valence-corrected chi connectivity index (χ0v) is 16.3. The first-order chi connectivity index (χ1) is 12.5. The predicted octanol–water partition coefficient (Wildman–Crippen LogP) is 3.40. The number of aromatic nitrogens is 1. The molecule has 0 N–H and O–H groups in total. The lowest BCUT2D eigenvalue weighted by Crippen LogP contribution is -2.48. The Kier molecular flexibility index (Phi) is 5.70. The lowest BCUT2D eigenvalue weighted by Gasteiger charge is -2.34. The molecule has 0 aliphatic carbocycles. The van der Waals surface area contributed by atoms with Gasteiger partial charge in [-0.2, -0.15) is 5.26 Å². The van der Waals surface area contributed by atoms with E-state index >= 15 is 0 Å². The van der Waals surface area contributed by atoms with Crippen LogP contribution in [-0.2, 0) is 6.54 Å². The van der Waals surface area contributed by atoms with Gasteiger partial charge in [0.2, 0.25) is 0 Å². The maximum atomic E-state index is 12.8. The lowest BCUT2D eigenvalue weighted by atomic mass is 10.1. The van der Waals surface area contributed by atoms with Crippen LogP contribution in [0.4, 0.5) is 0 Å².